The van der Waals surface area contributed by atoms with E-state index in [1.807, 2.05) is 32.9 Å². The van der Waals surface area contributed by atoms with Gasteiger partial charge in [-0.15, -0.1) is 0 Å². The monoisotopic (exact) mass is 209 g/mol. The van der Waals surface area contributed by atoms with E-state index in [1.165, 1.54) is 0 Å². The predicted molar refractivity (Wildman–Crippen MR) is 61.3 cm³/mol. The average molecular weight is 209 g/mol. The van der Waals surface area contributed by atoms with Gasteiger partial charge in [0, 0.05) is 12.2 Å². The Bertz CT molecular complexity index is 312. The van der Waals surface area contributed by atoms with Crippen molar-refractivity contribution >= 4 is 5.82 Å². The van der Waals surface area contributed by atoms with Gasteiger partial charge in [-0.2, -0.15) is 0 Å². The fourth-order valence-electron chi connectivity index (χ4n) is 1.13. The SMILES string of the molecule is CC(N)c1ccnc(NC(O)C(C)C)c1. The van der Waals surface area contributed by atoms with E-state index in [1.54, 1.807) is 6.20 Å². The van der Waals surface area contributed by atoms with Crippen molar-refractivity contribution in [1.29, 1.82) is 0 Å². The second-order valence-electron chi connectivity index (χ2n) is 4.10. The summed E-state index contributed by atoms with van der Waals surface area (Å²) in [6.07, 6.45) is 1.11. The van der Waals surface area contributed by atoms with Gasteiger partial charge in [0.2, 0.25) is 0 Å². The maximum atomic E-state index is 9.63. The van der Waals surface area contributed by atoms with E-state index in [4.69, 9.17) is 5.73 Å². The Morgan fingerprint density at radius 2 is 2.07 bits per heavy atom. The van der Waals surface area contributed by atoms with E-state index in [9.17, 15) is 5.11 Å². The number of hydrogen-bond donors (Lipinski definition) is 3. The Labute approximate surface area is 90.5 Å². The van der Waals surface area contributed by atoms with Crippen LogP contribution in [-0.2, 0) is 0 Å². The minimum absolute atomic E-state index is 0.0234. The van der Waals surface area contributed by atoms with Crippen LogP contribution in [0.25, 0.3) is 0 Å². The largest absolute Gasteiger partial charge is 0.374 e. The third kappa shape index (κ3) is 3.49. The quantitative estimate of drug-likeness (QED) is 0.657. The van der Waals surface area contributed by atoms with E-state index in [0.29, 0.717) is 5.82 Å². The highest BCUT2D eigenvalue weighted by atomic mass is 16.3. The van der Waals surface area contributed by atoms with Gasteiger partial charge in [-0.1, -0.05) is 13.8 Å². The molecule has 0 aromatic carbocycles. The second-order valence-corrected chi connectivity index (χ2v) is 4.10. The number of pyridine rings is 1. The third-order valence-electron chi connectivity index (χ3n) is 2.24. The summed E-state index contributed by atoms with van der Waals surface area (Å²) < 4.78 is 0. The Hall–Kier alpha value is -1.13. The molecule has 1 aromatic rings. The van der Waals surface area contributed by atoms with Gasteiger partial charge >= 0.3 is 0 Å². The van der Waals surface area contributed by atoms with Crippen LogP contribution in [0.1, 0.15) is 32.4 Å². The van der Waals surface area contributed by atoms with Crippen molar-refractivity contribution in [2.75, 3.05) is 5.32 Å². The first-order valence-electron chi connectivity index (χ1n) is 5.17. The molecule has 1 aromatic heterocycles. The van der Waals surface area contributed by atoms with Crippen LogP contribution in [0.3, 0.4) is 0 Å². The van der Waals surface area contributed by atoms with Gasteiger partial charge < -0.3 is 16.2 Å². The van der Waals surface area contributed by atoms with Crippen molar-refractivity contribution in [3.63, 3.8) is 0 Å². The molecule has 0 aliphatic heterocycles. The predicted octanol–water partition coefficient (Wildman–Crippen LogP) is 1.49. The Morgan fingerprint density at radius 3 is 2.60 bits per heavy atom. The lowest BCUT2D eigenvalue weighted by atomic mass is 10.1. The van der Waals surface area contributed by atoms with Gasteiger partial charge in [-0.3, -0.25) is 0 Å². The minimum Gasteiger partial charge on any atom is -0.374 e. The molecule has 1 rings (SSSR count). The van der Waals surface area contributed by atoms with E-state index in [2.05, 4.69) is 10.3 Å². The molecule has 0 aliphatic rings. The molecule has 4 nitrogen and oxygen atoms in total. The smallest absolute Gasteiger partial charge is 0.128 e. The number of aromatic nitrogens is 1. The summed E-state index contributed by atoms with van der Waals surface area (Å²) >= 11 is 0. The molecule has 0 bridgehead atoms. The number of anilines is 1. The molecule has 0 saturated heterocycles. The van der Waals surface area contributed by atoms with Crippen LogP contribution in [-0.4, -0.2) is 16.3 Å². The van der Waals surface area contributed by atoms with E-state index < -0.39 is 6.23 Å². The molecule has 0 radical (unpaired) electrons. The number of aliphatic hydroxyl groups excluding tert-OH is 1. The number of rotatable bonds is 4. The highest BCUT2D eigenvalue weighted by molar-refractivity contribution is 5.38. The summed E-state index contributed by atoms with van der Waals surface area (Å²) in [6.45, 7) is 5.79. The molecular formula is C11H19N3O. The van der Waals surface area contributed by atoms with Crippen molar-refractivity contribution in [1.82, 2.24) is 4.98 Å². The molecule has 2 unspecified atom stereocenters. The van der Waals surface area contributed by atoms with Crippen LogP contribution >= 0.6 is 0 Å². The number of aliphatic hydroxyl groups is 1. The van der Waals surface area contributed by atoms with Crippen molar-refractivity contribution < 1.29 is 5.11 Å². The topological polar surface area (TPSA) is 71.2 Å². The summed E-state index contributed by atoms with van der Waals surface area (Å²) in [6, 6.07) is 3.71. The van der Waals surface area contributed by atoms with Crippen LogP contribution in [0.15, 0.2) is 18.3 Å². The first-order valence-corrected chi connectivity index (χ1v) is 5.17. The molecular weight excluding hydrogens is 190 g/mol. The van der Waals surface area contributed by atoms with E-state index >= 15 is 0 Å². The van der Waals surface area contributed by atoms with Gasteiger partial charge in [0.1, 0.15) is 12.0 Å². The Balaban J connectivity index is 2.73. The van der Waals surface area contributed by atoms with Gasteiger partial charge in [-0.05, 0) is 30.5 Å². The zero-order valence-corrected chi connectivity index (χ0v) is 9.44. The molecule has 84 valence electrons. The van der Waals surface area contributed by atoms with E-state index in [-0.39, 0.29) is 12.0 Å². The molecule has 0 saturated carbocycles. The number of nitrogens with two attached hydrogens (primary N) is 1. The fourth-order valence-corrected chi connectivity index (χ4v) is 1.13. The molecule has 15 heavy (non-hydrogen) atoms. The third-order valence-corrected chi connectivity index (χ3v) is 2.24. The van der Waals surface area contributed by atoms with Crippen LogP contribution in [0.2, 0.25) is 0 Å². The lowest BCUT2D eigenvalue weighted by molar-refractivity contribution is 0.152. The molecule has 1 heterocycles. The number of nitrogens with zero attached hydrogens (tertiary/aromatic N) is 1. The van der Waals surface area contributed by atoms with Gasteiger partial charge in [0.25, 0.3) is 0 Å². The lowest BCUT2D eigenvalue weighted by Gasteiger charge is -2.17. The molecule has 4 heteroatoms. The summed E-state index contributed by atoms with van der Waals surface area (Å²) in [7, 11) is 0. The summed E-state index contributed by atoms with van der Waals surface area (Å²) in [5, 5.41) is 12.6. The second kappa shape index (κ2) is 5.09. The molecule has 0 fully saturated rings. The van der Waals surface area contributed by atoms with Crippen LogP contribution in [0.4, 0.5) is 5.82 Å². The van der Waals surface area contributed by atoms with Crippen molar-refractivity contribution in [2.45, 2.75) is 33.0 Å². The van der Waals surface area contributed by atoms with Gasteiger partial charge in [0.05, 0.1) is 0 Å². The molecule has 2 atom stereocenters. The van der Waals surface area contributed by atoms with Crippen molar-refractivity contribution in [3.8, 4) is 0 Å². The summed E-state index contributed by atoms with van der Waals surface area (Å²) in [5.41, 5.74) is 6.76. The highest BCUT2D eigenvalue weighted by Gasteiger charge is 2.09. The van der Waals surface area contributed by atoms with Crippen LogP contribution < -0.4 is 11.1 Å². The van der Waals surface area contributed by atoms with Crippen molar-refractivity contribution in [3.05, 3.63) is 23.9 Å². The molecule has 0 aliphatic carbocycles. The lowest BCUT2D eigenvalue weighted by Crippen LogP contribution is -2.25. The van der Waals surface area contributed by atoms with Gasteiger partial charge in [0.15, 0.2) is 0 Å². The first kappa shape index (κ1) is 11.9. The zero-order valence-electron chi connectivity index (χ0n) is 9.44. The molecule has 0 amide bonds. The summed E-state index contributed by atoms with van der Waals surface area (Å²) in [4.78, 5) is 4.12. The summed E-state index contributed by atoms with van der Waals surface area (Å²) in [5.74, 6) is 0.803. The van der Waals surface area contributed by atoms with Crippen LogP contribution in [0.5, 0.6) is 0 Å². The Morgan fingerprint density at radius 1 is 1.40 bits per heavy atom. The average Bonchev–Trinajstić information content (AvgIpc) is 2.18. The maximum absolute atomic E-state index is 9.63. The van der Waals surface area contributed by atoms with Crippen LogP contribution in [0, 0.1) is 5.92 Å². The Kier molecular flexibility index (Phi) is 4.05. The molecule has 0 spiro atoms. The van der Waals surface area contributed by atoms with E-state index in [0.717, 1.165) is 5.56 Å². The van der Waals surface area contributed by atoms with Gasteiger partial charge in [-0.25, -0.2) is 4.98 Å². The first-order chi connectivity index (χ1) is 7.00. The fraction of sp³-hybridized carbons (Fsp3) is 0.545. The molecule has 4 N–H and O–H groups in total. The zero-order chi connectivity index (χ0) is 11.4. The number of nitrogens with one attached hydrogen (secondary N) is 1. The maximum Gasteiger partial charge on any atom is 0.128 e. The standard InChI is InChI=1S/C11H19N3O/c1-7(2)11(15)14-10-6-9(8(3)12)4-5-13-10/h4-8,11,15H,12H2,1-3H3,(H,13,14). The number of hydrogen-bond acceptors (Lipinski definition) is 4. The normalized spacial score (nSPS) is 15.1. The minimum atomic E-state index is -0.583. The highest BCUT2D eigenvalue weighted by Crippen LogP contribution is 2.14. The van der Waals surface area contributed by atoms with Crippen molar-refractivity contribution in [2.24, 2.45) is 11.7 Å².